The fourth-order valence-corrected chi connectivity index (χ4v) is 5.15. The smallest absolute Gasteiger partial charge is 0.243 e. The van der Waals surface area contributed by atoms with Crippen LogP contribution in [0, 0.1) is 5.92 Å². The molecule has 3 rings (SSSR count). The quantitative estimate of drug-likeness (QED) is 0.699. The highest BCUT2D eigenvalue weighted by molar-refractivity contribution is 9.10. The van der Waals surface area contributed by atoms with Gasteiger partial charge in [0.05, 0.1) is 10.8 Å². The lowest BCUT2D eigenvalue weighted by molar-refractivity contribution is -0.135. The van der Waals surface area contributed by atoms with Crippen molar-refractivity contribution in [3.63, 3.8) is 0 Å². The molecular formula is C20H23BrN2O3S. The third-order valence-electron chi connectivity index (χ3n) is 4.82. The van der Waals surface area contributed by atoms with Crippen molar-refractivity contribution in [1.82, 2.24) is 9.21 Å². The van der Waals surface area contributed by atoms with E-state index in [2.05, 4.69) is 15.9 Å². The second-order valence-corrected chi connectivity index (χ2v) is 9.69. The first-order valence-corrected chi connectivity index (χ1v) is 11.2. The Balaban J connectivity index is 1.69. The lowest BCUT2D eigenvalue weighted by atomic mass is 9.98. The maximum Gasteiger partial charge on any atom is 0.243 e. The number of hydrogen-bond acceptors (Lipinski definition) is 3. The molecule has 0 N–H and O–H groups in total. The van der Waals surface area contributed by atoms with E-state index >= 15 is 0 Å². The highest BCUT2D eigenvalue weighted by atomic mass is 79.9. The Morgan fingerprint density at radius 2 is 1.81 bits per heavy atom. The fourth-order valence-electron chi connectivity index (χ4n) is 3.36. The average Bonchev–Trinajstić information content (AvgIpc) is 2.68. The maximum absolute atomic E-state index is 12.9. The molecule has 0 spiro atoms. The van der Waals surface area contributed by atoms with Crippen LogP contribution in [0.4, 0.5) is 0 Å². The van der Waals surface area contributed by atoms with Crippen molar-refractivity contribution in [2.45, 2.75) is 24.3 Å². The van der Waals surface area contributed by atoms with E-state index in [0.29, 0.717) is 25.9 Å². The van der Waals surface area contributed by atoms with Gasteiger partial charge in [-0.2, -0.15) is 4.31 Å². The third-order valence-corrected chi connectivity index (χ3v) is 7.23. The summed E-state index contributed by atoms with van der Waals surface area (Å²) in [6, 6.07) is 16.4. The summed E-state index contributed by atoms with van der Waals surface area (Å²) < 4.78 is 28.1. The van der Waals surface area contributed by atoms with Crippen LogP contribution in [0.3, 0.4) is 0 Å². The molecule has 0 unspecified atom stereocenters. The molecule has 0 aromatic heterocycles. The van der Waals surface area contributed by atoms with Gasteiger partial charge in [0.1, 0.15) is 0 Å². The standard InChI is InChI=1S/C20H23BrN2O3S/c1-22(14-16-6-3-2-4-7-16)20(24)17-8-5-13-23(15-17)27(25,26)19-11-9-18(21)10-12-19/h2-4,6-7,9-12,17H,5,8,13-15H2,1H3/t17-/m1/s1. The van der Waals surface area contributed by atoms with Crippen molar-refractivity contribution in [2.24, 2.45) is 5.92 Å². The highest BCUT2D eigenvalue weighted by Crippen LogP contribution is 2.26. The largest absolute Gasteiger partial charge is 0.341 e. The molecule has 1 heterocycles. The molecule has 27 heavy (non-hydrogen) atoms. The zero-order valence-electron chi connectivity index (χ0n) is 15.2. The number of hydrogen-bond donors (Lipinski definition) is 0. The summed E-state index contributed by atoms with van der Waals surface area (Å²) >= 11 is 3.32. The lowest BCUT2D eigenvalue weighted by Crippen LogP contribution is -2.45. The summed E-state index contributed by atoms with van der Waals surface area (Å²) in [6.07, 6.45) is 1.40. The SMILES string of the molecule is CN(Cc1ccccc1)C(=O)[C@@H]1CCCN(S(=O)(=O)c2ccc(Br)cc2)C1. The number of benzene rings is 2. The molecule has 0 radical (unpaired) electrons. The molecule has 7 heteroatoms. The number of piperidine rings is 1. The molecule has 0 saturated carbocycles. The van der Waals surface area contributed by atoms with Crippen molar-refractivity contribution >= 4 is 31.9 Å². The molecule has 1 atom stereocenters. The van der Waals surface area contributed by atoms with Gasteiger partial charge < -0.3 is 4.90 Å². The van der Waals surface area contributed by atoms with Crippen molar-refractivity contribution < 1.29 is 13.2 Å². The summed E-state index contributed by atoms with van der Waals surface area (Å²) in [5.41, 5.74) is 1.06. The van der Waals surface area contributed by atoms with Gasteiger partial charge in [-0.15, -0.1) is 0 Å². The van der Waals surface area contributed by atoms with E-state index in [1.54, 1.807) is 36.2 Å². The van der Waals surface area contributed by atoms with E-state index in [-0.39, 0.29) is 23.3 Å². The van der Waals surface area contributed by atoms with E-state index in [9.17, 15) is 13.2 Å². The summed E-state index contributed by atoms with van der Waals surface area (Å²) in [5, 5.41) is 0. The van der Waals surface area contributed by atoms with Crippen molar-refractivity contribution in [1.29, 1.82) is 0 Å². The Kier molecular flexibility index (Phi) is 6.34. The van der Waals surface area contributed by atoms with Gasteiger partial charge in [-0.1, -0.05) is 46.3 Å². The van der Waals surface area contributed by atoms with Crippen LogP contribution < -0.4 is 0 Å². The zero-order chi connectivity index (χ0) is 19.4. The van der Waals surface area contributed by atoms with Gasteiger partial charge in [-0.05, 0) is 42.7 Å². The first kappa shape index (κ1) is 20.0. The number of nitrogens with zero attached hydrogens (tertiary/aromatic N) is 2. The van der Waals surface area contributed by atoms with Crippen LogP contribution in [-0.4, -0.2) is 43.7 Å². The number of amides is 1. The second kappa shape index (κ2) is 8.54. The second-order valence-electron chi connectivity index (χ2n) is 6.84. The summed E-state index contributed by atoms with van der Waals surface area (Å²) in [4.78, 5) is 14.8. The lowest BCUT2D eigenvalue weighted by Gasteiger charge is -2.33. The van der Waals surface area contributed by atoms with Crippen LogP contribution in [0.5, 0.6) is 0 Å². The molecule has 2 aromatic carbocycles. The number of carbonyl (C=O) groups is 1. The van der Waals surface area contributed by atoms with Crippen molar-refractivity contribution in [2.75, 3.05) is 20.1 Å². The van der Waals surface area contributed by atoms with E-state index < -0.39 is 10.0 Å². The summed E-state index contributed by atoms with van der Waals surface area (Å²) in [6.45, 7) is 1.20. The normalized spacial score (nSPS) is 18.2. The number of carbonyl (C=O) groups excluding carboxylic acids is 1. The summed E-state index contributed by atoms with van der Waals surface area (Å²) in [7, 11) is -1.81. The molecule has 5 nitrogen and oxygen atoms in total. The first-order valence-electron chi connectivity index (χ1n) is 8.92. The summed E-state index contributed by atoms with van der Waals surface area (Å²) in [5.74, 6) is -0.313. The molecule has 144 valence electrons. The number of rotatable bonds is 5. The monoisotopic (exact) mass is 450 g/mol. The van der Waals surface area contributed by atoms with Gasteiger partial charge in [0.15, 0.2) is 0 Å². The molecular weight excluding hydrogens is 428 g/mol. The maximum atomic E-state index is 12.9. The zero-order valence-corrected chi connectivity index (χ0v) is 17.6. The predicted molar refractivity (Wildman–Crippen MR) is 109 cm³/mol. The Morgan fingerprint density at radius 3 is 2.48 bits per heavy atom. The topological polar surface area (TPSA) is 57.7 Å². The van der Waals surface area contributed by atoms with Crippen LogP contribution in [0.25, 0.3) is 0 Å². The van der Waals surface area contributed by atoms with Gasteiger partial charge in [0.25, 0.3) is 0 Å². The van der Waals surface area contributed by atoms with Crippen molar-refractivity contribution in [3.05, 3.63) is 64.6 Å². The molecule has 2 aromatic rings. The Hall–Kier alpha value is -1.70. The van der Waals surface area contributed by atoms with Gasteiger partial charge >= 0.3 is 0 Å². The Bertz CT molecular complexity index is 885. The van der Waals surface area contributed by atoms with Crippen LogP contribution in [-0.2, 0) is 21.4 Å². The van der Waals surface area contributed by atoms with Gasteiger partial charge in [-0.3, -0.25) is 4.79 Å². The molecule has 0 aliphatic carbocycles. The predicted octanol–water partition coefficient (Wildman–Crippen LogP) is 3.51. The molecule has 1 saturated heterocycles. The van der Waals surface area contributed by atoms with Crippen LogP contribution in [0.1, 0.15) is 18.4 Å². The van der Waals surface area contributed by atoms with E-state index in [4.69, 9.17) is 0 Å². The number of halogens is 1. The minimum atomic E-state index is -3.59. The third kappa shape index (κ3) is 4.78. The fraction of sp³-hybridized carbons (Fsp3) is 0.350. The molecule has 1 amide bonds. The highest BCUT2D eigenvalue weighted by Gasteiger charge is 2.34. The Labute approximate surface area is 169 Å². The minimum absolute atomic E-state index is 0.00504. The minimum Gasteiger partial charge on any atom is -0.341 e. The molecule has 0 bridgehead atoms. The van der Waals surface area contributed by atoms with Gasteiger partial charge in [0, 0.05) is 31.2 Å². The average molecular weight is 451 g/mol. The van der Waals surface area contributed by atoms with E-state index in [1.165, 1.54) is 4.31 Å². The molecule has 1 fully saturated rings. The first-order chi connectivity index (χ1) is 12.9. The molecule has 1 aliphatic heterocycles. The molecule has 1 aliphatic rings. The van der Waals surface area contributed by atoms with E-state index in [1.807, 2.05) is 30.3 Å². The number of sulfonamides is 1. The van der Waals surface area contributed by atoms with Crippen molar-refractivity contribution in [3.8, 4) is 0 Å². The Morgan fingerprint density at radius 1 is 1.15 bits per heavy atom. The van der Waals surface area contributed by atoms with Crippen LogP contribution in [0.2, 0.25) is 0 Å². The van der Waals surface area contributed by atoms with Gasteiger partial charge in [-0.25, -0.2) is 8.42 Å². The van der Waals surface area contributed by atoms with Gasteiger partial charge in [0.2, 0.25) is 15.9 Å². The van der Waals surface area contributed by atoms with E-state index in [0.717, 1.165) is 10.0 Å². The van der Waals surface area contributed by atoms with Crippen LogP contribution >= 0.6 is 15.9 Å². The van der Waals surface area contributed by atoms with Crippen LogP contribution in [0.15, 0.2) is 64.0 Å².